The van der Waals surface area contributed by atoms with E-state index in [4.69, 9.17) is 15.6 Å². The average Bonchev–Trinajstić information content (AvgIpc) is 3.26. The molecule has 0 spiro atoms. The molecule has 0 saturated carbocycles. The molecule has 1 aliphatic rings. The Morgan fingerprint density at radius 1 is 1.33 bits per heavy atom. The Bertz CT molecular complexity index is 863. The van der Waals surface area contributed by atoms with Crippen LogP contribution in [-0.4, -0.2) is 77.7 Å². The average molecular weight is 425 g/mol. The van der Waals surface area contributed by atoms with Gasteiger partial charge in [-0.2, -0.15) is 0 Å². The maximum absolute atomic E-state index is 11.1. The van der Waals surface area contributed by atoms with E-state index in [2.05, 4.69) is 32.9 Å². The second kappa shape index (κ2) is 9.62. The van der Waals surface area contributed by atoms with E-state index in [-0.39, 0.29) is 11.9 Å². The second-order valence-corrected chi connectivity index (χ2v) is 7.76. The number of ether oxygens (including phenoxy) is 1. The maximum Gasteiger partial charge on any atom is 0.362 e. The van der Waals surface area contributed by atoms with Gasteiger partial charge in [0, 0.05) is 19.3 Å². The summed E-state index contributed by atoms with van der Waals surface area (Å²) in [4.78, 5) is 23.3. The molecule has 3 heterocycles. The molecule has 0 unspecified atom stereocenters. The third-order valence-electron chi connectivity index (χ3n) is 5.56. The van der Waals surface area contributed by atoms with Crippen molar-refractivity contribution < 1.29 is 35.9 Å². The summed E-state index contributed by atoms with van der Waals surface area (Å²) in [6.45, 7) is 2.93. The van der Waals surface area contributed by atoms with Crippen LogP contribution < -0.4 is 16.8 Å². The highest BCUT2D eigenvalue weighted by Crippen LogP contribution is 2.33. The Morgan fingerprint density at radius 3 is 2.80 bits per heavy atom. The molecule has 12 nitrogen and oxygen atoms in total. The first-order chi connectivity index (χ1) is 14.3. The standard InChI is InChI=1S/C18H29N7O5/c1-2-5-21-9(3-4-10(19)18(28)29)6-11-13(26)14(27)17(30-11)25-8-24-12-15(20)22-7-23-16(12)25/h7-11,13-14,17,21,26-27H,2-6,19H2,1H3,(H,28,29)(H2,20,22,23)/p+2/t9-,10+,11+,13+,14+,17+/m0/s1. The Kier molecular flexibility index (Phi) is 7.15. The van der Waals surface area contributed by atoms with Crippen molar-refractivity contribution in [2.45, 2.75) is 69.2 Å². The molecule has 1 saturated heterocycles. The van der Waals surface area contributed by atoms with Crippen LogP contribution in [0.2, 0.25) is 0 Å². The molecule has 0 amide bonds. The monoisotopic (exact) mass is 425 g/mol. The fourth-order valence-electron chi connectivity index (χ4n) is 3.78. The van der Waals surface area contributed by atoms with Crippen LogP contribution in [0.15, 0.2) is 12.7 Å². The molecular weight excluding hydrogens is 394 g/mol. The number of carboxylic acids is 1. The number of rotatable bonds is 10. The Balaban J connectivity index is 1.72. The predicted molar refractivity (Wildman–Crippen MR) is 105 cm³/mol. The lowest BCUT2D eigenvalue weighted by Gasteiger charge is -2.21. The summed E-state index contributed by atoms with van der Waals surface area (Å²) < 4.78 is 7.56. The van der Waals surface area contributed by atoms with Crippen LogP contribution in [0.4, 0.5) is 5.82 Å². The van der Waals surface area contributed by atoms with Gasteiger partial charge in [0.2, 0.25) is 0 Å². The molecule has 0 aliphatic carbocycles. The molecule has 2 aromatic heterocycles. The largest absolute Gasteiger partial charge is 0.477 e. The third kappa shape index (κ3) is 4.68. The minimum Gasteiger partial charge on any atom is -0.477 e. The van der Waals surface area contributed by atoms with Gasteiger partial charge in [-0.1, -0.05) is 6.92 Å². The van der Waals surface area contributed by atoms with E-state index in [1.807, 2.05) is 0 Å². The molecule has 6 atom stereocenters. The van der Waals surface area contributed by atoms with Crippen molar-refractivity contribution >= 4 is 23.0 Å². The van der Waals surface area contributed by atoms with Crippen LogP contribution in [0.25, 0.3) is 11.2 Å². The summed E-state index contributed by atoms with van der Waals surface area (Å²) in [7, 11) is 0. The molecule has 1 fully saturated rings. The number of carbonyl (C=O) groups is 1. The van der Waals surface area contributed by atoms with Crippen LogP contribution in [-0.2, 0) is 9.53 Å². The van der Waals surface area contributed by atoms with Gasteiger partial charge in [-0.05, 0) is 6.42 Å². The number of aliphatic hydroxyl groups is 2. The van der Waals surface area contributed by atoms with E-state index in [9.17, 15) is 15.0 Å². The lowest BCUT2D eigenvalue weighted by molar-refractivity contribution is -0.692. The van der Waals surface area contributed by atoms with Gasteiger partial charge in [0.05, 0.1) is 25.0 Å². The second-order valence-electron chi connectivity index (χ2n) is 7.76. The van der Waals surface area contributed by atoms with E-state index in [0.717, 1.165) is 13.0 Å². The summed E-state index contributed by atoms with van der Waals surface area (Å²) in [6, 6.07) is -0.644. The maximum atomic E-state index is 11.1. The number of fused-ring (bicyclic) bond motifs is 1. The molecule has 0 aromatic carbocycles. The fourth-order valence-corrected chi connectivity index (χ4v) is 3.78. The number of nitrogen functional groups attached to an aromatic ring is 1. The smallest absolute Gasteiger partial charge is 0.362 e. The number of carboxylic acid groups (broad SMARTS) is 1. The molecule has 166 valence electrons. The zero-order valence-corrected chi connectivity index (χ0v) is 17.0. The molecule has 2 aromatic rings. The van der Waals surface area contributed by atoms with E-state index in [1.54, 1.807) is 4.57 Å². The Hall–Kier alpha value is -2.38. The summed E-state index contributed by atoms with van der Waals surface area (Å²) in [6.07, 6.45) is 1.48. The first kappa shape index (κ1) is 22.3. The van der Waals surface area contributed by atoms with Gasteiger partial charge in [0.25, 0.3) is 0 Å². The van der Waals surface area contributed by atoms with Gasteiger partial charge in [-0.3, -0.25) is 4.57 Å². The summed E-state index contributed by atoms with van der Waals surface area (Å²) in [5.41, 5.74) is 10.3. The first-order valence-electron chi connectivity index (χ1n) is 10.2. The van der Waals surface area contributed by atoms with Crippen molar-refractivity contribution in [3.63, 3.8) is 0 Å². The van der Waals surface area contributed by atoms with Gasteiger partial charge in [-0.25, -0.2) is 19.7 Å². The van der Waals surface area contributed by atoms with E-state index >= 15 is 0 Å². The molecule has 0 radical (unpaired) electrons. The predicted octanol–water partition coefficient (Wildman–Crippen LogP) is -2.76. The molecule has 3 rings (SSSR count). The number of anilines is 1. The Morgan fingerprint density at radius 2 is 2.10 bits per heavy atom. The molecule has 0 bridgehead atoms. The number of nitrogens with zero attached hydrogens (tertiary/aromatic N) is 4. The molecule has 12 heteroatoms. The van der Waals surface area contributed by atoms with Crippen molar-refractivity contribution in [3.8, 4) is 0 Å². The van der Waals surface area contributed by atoms with Gasteiger partial charge in [0.1, 0.15) is 24.1 Å². The number of aliphatic carboxylic acids is 1. The SMILES string of the molecule is CCC[NH2+][C@@H](CC[C@@H]([NH3+])C(=O)O)C[C@H]1O[C@@H](n2cnc3c(N)ncnc32)[C@H](O)[C@@H]1O. The van der Waals surface area contributed by atoms with Gasteiger partial charge in [0.15, 0.2) is 23.7 Å². The highest BCUT2D eigenvalue weighted by Gasteiger charge is 2.45. The number of quaternary nitrogens is 2. The van der Waals surface area contributed by atoms with Crippen molar-refractivity contribution in [2.75, 3.05) is 12.3 Å². The molecule has 30 heavy (non-hydrogen) atoms. The lowest BCUT2D eigenvalue weighted by Crippen LogP contribution is -2.90. The molecule has 1 aliphatic heterocycles. The number of imidazole rings is 1. The Labute approximate surface area is 173 Å². The zero-order chi connectivity index (χ0) is 21.8. The number of aliphatic hydroxyl groups excluding tert-OH is 2. The van der Waals surface area contributed by atoms with Crippen LogP contribution in [0, 0.1) is 0 Å². The van der Waals surface area contributed by atoms with Crippen molar-refractivity contribution in [3.05, 3.63) is 12.7 Å². The lowest BCUT2D eigenvalue weighted by atomic mass is 9.97. The molecular formula is C18H31N7O5+2. The van der Waals surface area contributed by atoms with Crippen molar-refractivity contribution in [1.29, 1.82) is 0 Å². The van der Waals surface area contributed by atoms with Crippen LogP contribution in [0.1, 0.15) is 38.8 Å². The first-order valence-corrected chi connectivity index (χ1v) is 10.2. The minimum atomic E-state index is -1.17. The quantitative estimate of drug-likeness (QED) is 0.233. The van der Waals surface area contributed by atoms with Crippen LogP contribution >= 0.6 is 0 Å². The van der Waals surface area contributed by atoms with Crippen LogP contribution in [0.3, 0.4) is 0 Å². The fraction of sp³-hybridized carbons (Fsp3) is 0.667. The van der Waals surface area contributed by atoms with Crippen LogP contribution in [0.5, 0.6) is 0 Å². The topological polar surface area (TPSA) is 201 Å². The normalized spacial score (nSPS) is 26.1. The minimum absolute atomic E-state index is 0.0386. The summed E-state index contributed by atoms with van der Waals surface area (Å²) >= 11 is 0. The van der Waals surface area contributed by atoms with Crippen molar-refractivity contribution in [2.24, 2.45) is 0 Å². The van der Waals surface area contributed by atoms with Gasteiger partial charge >= 0.3 is 5.97 Å². The third-order valence-corrected chi connectivity index (χ3v) is 5.56. The number of nitrogens with two attached hydrogens (primary N) is 2. The van der Waals surface area contributed by atoms with Gasteiger partial charge in [-0.15, -0.1) is 0 Å². The number of aromatic nitrogens is 4. The number of hydrogen-bond donors (Lipinski definition) is 6. The van der Waals surface area contributed by atoms with E-state index < -0.39 is 36.6 Å². The summed E-state index contributed by atoms with van der Waals surface area (Å²) in [5, 5.41) is 32.4. The van der Waals surface area contributed by atoms with E-state index in [0.29, 0.717) is 30.4 Å². The number of hydrogen-bond acceptors (Lipinski definition) is 8. The highest BCUT2D eigenvalue weighted by molar-refractivity contribution is 5.81. The molecule has 10 N–H and O–H groups in total. The van der Waals surface area contributed by atoms with E-state index in [1.165, 1.54) is 12.7 Å². The van der Waals surface area contributed by atoms with Crippen molar-refractivity contribution in [1.82, 2.24) is 19.5 Å². The highest BCUT2D eigenvalue weighted by atomic mass is 16.6. The summed E-state index contributed by atoms with van der Waals surface area (Å²) in [5.74, 6) is -0.705. The van der Waals surface area contributed by atoms with Gasteiger partial charge < -0.3 is 36.8 Å². The zero-order valence-electron chi connectivity index (χ0n) is 17.0.